The SMILES string of the molecule is CN1CCC[C@H]1COc1nc2c(c(N3C[C@H]4C[C@@H](O)[C@@H](C3)N4)n1)CCN(c1cc(O)cc3ccccc13)C2. The fourth-order valence-corrected chi connectivity index (χ4v) is 6.81. The van der Waals surface area contributed by atoms with Gasteiger partial charge >= 0.3 is 6.01 Å². The molecule has 0 saturated carbocycles. The summed E-state index contributed by atoms with van der Waals surface area (Å²) in [6.07, 6.45) is 3.60. The lowest BCUT2D eigenvalue weighted by Gasteiger charge is -2.37. The number of hydrogen-bond donors (Lipinski definition) is 3. The highest BCUT2D eigenvalue weighted by atomic mass is 16.5. The van der Waals surface area contributed by atoms with Crippen LogP contribution in [0, 0.1) is 0 Å². The Labute approximate surface area is 223 Å². The van der Waals surface area contributed by atoms with E-state index >= 15 is 0 Å². The molecule has 0 amide bonds. The van der Waals surface area contributed by atoms with Crippen LogP contribution in [-0.4, -0.2) is 89.1 Å². The van der Waals surface area contributed by atoms with Crippen LogP contribution in [0.3, 0.4) is 0 Å². The minimum atomic E-state index is -0.314. The molecule has 0 unspecified atom stereocenters. The minimum absolute atomic E-state index is 0.0645. The van der Waals surface area contributed by atoms with Crippen molar-refractivity contribution in [3.63, 3.8) is 0 Å². The second kappa shape index (κ2) is 9.55. The number of hydrogen-bond acceptors (Lipinski definition) is 9. The number of anilines is 2. The van der Waals surface area contributed by atoms with Gasteiger partial charge in [0.25, 0.3) is 0 Å². The van der Waals surface area contributed by atoms with Gasteiger partial charge in [0, 0.05) is 54.4 Å². The lowest BCUT2D eigenvalue weighted by Crippen LogP contribution is -2.53. The molecular weight excluding hydrogens is 480 g/mol. The average molecular weight is 517 g/mol. The largest absolute Gasteiger partial charge is 0.508 e. The molecule has 9 heteroatoms. The third-order valence-electron chi connectivity index (χ3n) is 8.86. The fourth-order valence-electron chi connectivity index (χ4n) is 6.81. The second-order valence-corrected chi connectivity index (χ2v) is 11.4. The lowest BCUT2D eigenvalue weighted by atomic mass is 10.0. The molecule has 2 bridgehead atoms. The van der Waals surface area contributed by atoms with Crippen LogP contribution in [0.5, 0.6) is 11.8 Å². The maximum Gasteiger partial charge on any atom is 0.318 e. The Morgan fingerprint density at radius 3 is 2.84 bits per heavy atom. The minimum Gasteiger partial charge on any atom is -0.508 e. The van der Waals surface area contributed by atoms with E-state index in [9.17, 15) is 10.2 Å². The molecule has 1 aromatic heterocycles. The molecule has 0 spiro atoms. The van der Waals surface area contributed by atoms with Gasteiger partial charge in [-0.05, 0) is 50.7 Å². The van der Waals surface area contributed by atoms with E-state index in [1.54, 1.807) is 0 Å². The first-order chi connectivity index (χ1) is 18.5. The number of aromatic nitrogens is 2. The molecule has 7 rings (SSSR count). The van der Waals surface area contributed by atoms with Gasteiger partial charge in [-0.3, -0.25) is 0 Å². The number of phenolic OH excluding ortho intramolecular Hbond substituents is 1. The smallest absolute Gasteiger partial charge is 0.318 e. The summed E-state index contributed by atoms with van der Waals surface area (Å²) in [6.45, 7) is 4.67. The molecule has 2 aromatic carbocycles. The molecule has 4 atom stereocenters. The van der Waals surface area contributed by atoms with Crippen molar-refractivity contribution in [2.45, 2.75) is 56.5 Å². The standard InChI is InChI=1S/C29H36N6O3/c1-33-9-4-6-20(33)17-38-29-31-24-15-34(26-13-21(36)11-18-5-2-3-7-22(18)26)10-8-23(24)28(32-29)35-14-19-12-27(37)25(16-35)30-19/h2-3,5,7,11,13,19-20,25,27,30,36-37H,4,6,8-10,12,14-17H2,1H3/t19-,20+,25-,27-/m1/s1. The van der Waals surface area contributed by atoms with E-state index < -0.39 is 0 Å². The van der Waals surface area contributed by atoms with Crippen LogP contribution in [0.15, 0.2) is 36.4 Å². The molecule has 200 valence electrons. The Balaban J connectivity index is 1.23. The van der Waals surface area contributed by atoms with Gasteiger partial charge in [0.1, 0.15) is 18.2 Å². The number of benzene rings is 2. The van der Waals surface area contributed by atoms with Crippen LogP contribution in [0.2, 0.25) is 0 Å². The predicted octanol–water partition coefficient (Wildman–Crippen LogP) is 2.28. The maximum atomic E-state index is 10.5. The number of rotatable bonds is 5. The zero-order valence-corrected chi connectivity index (χ0v) is 21.9. The van der Waals surface area contributed by atoms with Crippen molar-refractivity contribution in [2.24, 2.45) is 0 Å². The number of aliphatic hydroxyl groups is 1. The predicted molar refractivity (Wildman–Crippen MR) is 147 cm³/mol. The molecule has 4 aliphatic rings. The molecule has 38 heavy (non-hydrogen) atoms. The van der Waals surface area contributed by atoms with Crippen molar-refractivity contribution in [1.29, 1.82) is 0 Å². The Kier molecular flexibility index (Phi) is 6.02. The number of likely N-dealkylation sites (N-methyl/N-ethyl adjacent to an activating group) is 1. The van der Waals surface area contributed by atoms with Crippen molar-refractivity contribution in [2.75, 3.05) is 49.6 Å². The molecule has 4 aliphatic heterocycles. The van der Waals surface area contributed by atoms with Crippen LogP contribution >= 0.6 is 0 Å². The number of nitrogens with one attached hydrogen (secondary N) is 1. The highest BCUT2D eigenvalue weighted by Crippen LogP contribution is 2.37. The fraction of sp³-hybridized carbons (Fsp3) is 0.517. The van der Waals surface area contributed by atoms with E-state index in [4.69, 9.17) is 14.7 Å². The number of aromatic hydroxyl groups is 1. The number of ether oxygens (including phenoxy) is 1. The van der Waals surface area contributed by atoms with E-state index in [0.29, 0.717) is 25.2 Å². The van der Waals surface area contributed by atoms with Gasteiger partial charge in [-0.2, -0.15) is 9.97 Å². The summed E-state index contributed by atoms with van der Waals surface area (Å²) < 4.78 is 6.26. The van der Waals surface area contributed by atoms with Gasteiger partial charge < -0.3 is 35.0 Å². The first-order valence-corrected chi connectivity index (χ1v) is 13.9. The van der Waals surface area contributed by atoms with Crippen LogP contribution in [0.25, 0.3) is 10.8 Å². The Morgan fingerprint density at radius 2 is 2.00 bits per heavy atom. The topological polar surface area (TPSA) is 97.2 Å². The molecule has 0 radical (unpaired) electrons. The van der Waals surface area contributed by atoms with Crippen molar-refractivity contribution in [3.05, 3.63) is 47.7 Å². The van der Waals surface area contributed by atoms with Crippen LogP contribution in [0.1, 0.15) is 30.5 Å². The van der Waals surface area contributed by atoms with Gasteiger partial charge in [0.15, 0.2) is 0 Å². The Bertz CT molecular complexity index is 1350. The summed E-state index contributed by atoms with van der Waals surface area (Å²) in [5.41, 5.74) is 3.17. The highest BCUT2D eigenvalue weighted by molar-refractivity contribution is 5.95. The summed E-state index contributed by atoms with van der Waals surface area (Å²) >= 11 is 0. The maximum absolute atomic E-state index is 10.5. The number of fused-ring (bicyclic) bond motifs is 4. The summed E-state index contributed by atoms with van der Waals surface area (Å²) in [7, 11) is 2.15. The first-order valence-electron chi connectivity index (χ1n) is 13.9. The van der Waals surface area contributed by atoms with E-state index in [1.165, 1.54) is 12.0 Å². The molecule has 3 saturated heterocycles. The highest BCUT2D eigenvalue weighted by Gasteiger charge is 2.40. The van der Waals surface area contributed by atoms with Crippen molar-refractivity contribution in [1.82, 2.24) is 20.2 Å². The van der Waals surface area contributed by atoms with Crippen LogP contribution < -0.4 is 19.9 Å². The third kappa shape index (κ3) is 4.32. The van der Waals surface area contributed by atoms with Gasteiger partial charge in [0.2, 0.25) is 0 Å². The summed E-state index contributed by atoms with van der Waals surface area (Å²) in [4.78, 5) is 16.9. The third-order valence-corrected chi connectivity index (χ3v) is 8.86. The summed E-state index contributed by atoms with van der Waals surface area (Å²) in [6, 6.07) is 13.0. The second-order valence-electron chi connectivity index (χ2n) is 11.4. The first kappa shape index (κ1) is 23.9. The molecule has 3 N–H and O–H groups in total. The molecular formula is C29H36N6O3. The number of phenols is 1. The molecule has 0 aliphatic carbocycles. The normalized spacial score (nSPS) is 27.2. The van der Waals surface area contributed by atoms with Crippen LogP contribution in [-0.2, 0) is 13.0 Å². The summed E-state index contributed by atoms with van der Waals surface area (Å²) in [5, 5.41) is 26.6. The Hall–Kier alpha value is -3.14. The summed E-state index contributed by atoms with van der Waals surface area (Å²) in [5.74, 6) is 1.23. The Morgan fingerprint density at radius 1 is 1.11 bits per heavy atom. The number of nitrogens with zero attached hydrogens (tertiary/aromatic N) is 5. The number of aliphatic hydroxyl groups excluding tert-OH is 1. The van der Waals surface area contributed by atoms with E-state index in [1.807, 2.05) is 30.3 Å². The molecule has 3 aromatic rings. The lowest BCUT2D eigenvalue weighted by molar-refractivity contribution is 0.162. The zero-order chi connectivity index (χ0) is 25.8. The van der Waals surface area contributed by atoms with Crippen molar-refractivity contribution in [3.8, 4) is 11.8 Å². The average Bonchev–Trinajstić information content (AvgIpc) is 3.45. The van der Waals surface area contributed by atoms with E-state index in [2.05, 4.69) is 33.1 Å². The molecule has 5 heterocycles. The van der Waals surface area contributed by atoms with E-state index in [0.717, 1.165) is 73.4 Å². The van der Waals surface area contributed by atoms with Crippen molar-refractivity contribution >= 4 is 22.3 Å². The molecule has 9 nitrogen and oxygen atoms in total. The number of likely N-dealkylation sites (tertiary alicyclic amines) is 1. The monoisotopic (exact) mass is 516 g/mol. The van der Waals surface area contributed by atoms with Gasteiger partial charge in [-0.25, -0.2) is 0 Å². The van der Waals surface area contributed by atoms with E-state index in [-0.39, 0.29) is 23.9 Å². The van der Waals surface area contributed by atoms with Crippen LogP contribution in [0.4, 0.5) is 11.5 Å². The zero-order valence-electron chi connectivity index (χ0n) is 21.9. The van der Waals surface area contributed by atoms with Gasteiger partial charge in [-0.15, -0.1) is 0 Å². The molecule has 3 fully saturated rings. The quantitative estimate of drug-likeness (QED) is 0.472. The van der Waals surface area contributed by atoms with Gasteiger partial charge in [0.05, 0.1) is 24.4 Å². The van der Waals surface area contributed by atoms with Gasteiger partial charge in [-0.1, -0.05) is 24.3 Å². The van der Waals surface area contributed by atoms with Crippen molar-refractivity contribution < 1.29 is 14.9 Å². The number of piperazine rings is 1.